The Bertz CT molecular complexity index is 2390. The van der Waals surface area contributed by atoms with E-state index in [4.69, 9.17) is 55.9 Å². The van der Waals surface area contributed by atoms with Crippen LogP contribution < -0.4 is 20.1 Å². The normalized spacial score (nSPS) is 28.5. The summed E-state index contributed by atoms with van der Waals surface area (Å²) in [7, 11) is 0. The molecule has 12 nitrogen and oxygen atoms in total. The molecule has 0 radical (unpaired) electrons. The fourth-order valence-corrected chi connectivity index (χ4v) is 10.5. The zero-order chi connectivity index (χ0) is 42.5. The minimum absolute atomic E-state index is 0.0194. The van der Waals surface area contributed by atoms with E-state index in [1.807, 2.05) is 0 Å². The van der Waals surface area contributed by atoms with Gasteiger partial charge in [-0.3, -0.25) is 19.2 Å². The zero-order valence-electron chi connectivity index (χ0n) is 31.2. The maximum absolute atomic E-state index is 13.4. The molecule has 12 rings (SSSR count). The quantitative estimate of drug-likeness (QED) is 0.134. The molecule has 4 aromatic rings. The Labute approximate surface area is 361 Å². The van der Waals surface area contributed by atoms with Crippen LogP contribution in [0.4, 0.5) is 8.78 Å². The molecule has 6 fully saturated rings. The summed E-state index contributed by atoms with van der Waals surface area (Å²) in [6.45, 7) is -0.518. The number of rotatable bonds is 10. The van der Waals surface area contributed by atoms with E-state index < -0.39 is 46.2 Å². The van der Waals surface area contributed by atoms with E-state index in [0.717, 1.165) is 12.1 Å². The summed E-state index contributed by atoms with van der Waals surface area (Å²) >= 11 is 23.2. The number of benzene rings is 4. The smallest absolute Gasteiger partial charge is 0.258 e. The fraction of sp³-hybridized carbons (Fsp3) is 0.333. The predicted octanol–water partition coefficient (Wildman–Crippen LogP) is 6.90. The lowest BCUT2D eigenvalue weighted by Gasteiger charge is -2.73. The van der Waals surface area contributed by atoms with Gasteiger partial charge < -0.3 is 40.1 Å². The maximum atomic E-state index is 13.4. The Morgan fingerprint density at radius 1 is 0.617 bits per heavy atom. The van der Waals surface area contributed by atoms with Gasteiger partial charge in [-0.15, -0.1) is 0 Å². The van der Waals surface area contributed by atoms with E-state index >= 15 is 0 Å². The summed E-state index contributed by atoms with van der Waals surface area (Å²) in [6.07, 6.45) is 1.32. The van der Waals surface area contributed by atoms with Crippen LogP contribution in [0.2, 0.25) is 20.1 Å². The van der Waals surface area contributed by atoms with Crippen LogP contribution in [0.15, 0.2) is 72.8 Å². The maximum Gasteiger partial charge on any atom is 0.258 e. The Morgan fingerprint density at radius 2 is 1.05 bits per heavy atom. The number of carbonyl (C=O) groups is 4. The van der Waals surface area contributed by atoms with Gasteiger partial charge in [0.05, 0.1) is 21.1 Å². The Balaban J connectivity index is 0.000000154. The Kier molecular flexibility index (Phi) is 9.80. The van der Waals surface area contributed by atoms with Gasteiger partial charge in [0.2, 0.25) is 0 Å². The fourth-order valence-electron chi connectivity index (χ4n) is 9.93. The van der Waals surface area contributed by atoms with Gasteiger partial charge in [0, 0.05) is 55.5 Å². The number of hydrogen-bond donors (Lipinski definition) is 4. The average Bonchev–Trinajstić information content (AvgIpc) is 3.54. The largest absolute Gasteiger partial charge is 0.484 e. The Morgan fingerprint density at radius 3 is 1.53 bits per heavy atom. The summed E-state index contributed by atoms with van der Waals surface area (Å²) in [5.41, 5.74) is 0.204. The number of carbonyl (C=O) groups excluding carboxylic acids is 4. The number of nitrogens with one attached hydrogen (secondary N) is 2. The van der Waals surface area contributed by atoms with E-state index in [2.05, 4.69) is 10.6 Å². The van der Waals surface area contributed by atoms with Gasteiger partial charge >= 0.3 is 0 Å². The molecule has 4 bridgehead atoms. The van der Waals surface area contributed by atoms with Crippen LogP contribution in [0.25, 0.3) is 0 Å². The van der Waals surface area contributed by atoms with Gasteiger partial charge in [0.15, 0.2) is 25.7 Å². The van der Waals surface area contributed by atoms with Crippen molar-refractivity contribution in [2.75, 3.05) is 13.2 Å². The molecule has 4 amide bonds. The molecular formula is C42H34Cl4F2N4O8. The first kappa shape index (κ1) is 40.7. The lowest BCUT2D eigenvalue weighted by Crippen LogP contribution is -2.84. The highest BCUT2D eigenvalue weighted by molar-refractivity contribution is 6.31. The van der Waals surface area contributed by atoms with Crippen molar-refractivity contribution in [3.8, 4) is 11.5 Å². The number of nitrogens with zero attached hydrogens (tertiary/aromatic N) is 2. The van der Waals surface area contributed by atoms with Gasteiger partial charge in [-0.1, -0.05) is 52.5 Å². The molecule has 6 aliphatic carbocycles. The number of amides is 4. The molecule has 4 aromatic carbocycles. The highest BCUT2D eigenvalue weighted by Gasteiger charge is 2.74. The van der Waals surface area contributed by atoms with Crippen LogP contribution in [-0.4, -0.2) is 79.0 Å². The van der Waals surface area contributed by atoms with Crippen molar-refractivity contribution in [2.45, 2.75) is 73.1 Å². The average molecular weight is 903 g/mol. The summed E-state index contributed by atoms with van der Waals surface area (Å²) in [6, 6.07) is 17.7. The van der Waals surface area contributed by atoms with Crippen LogP contribution in [0.3, 0.4) is 0 Å². The van der Waals surface area contributed by atoms with Crippen molar-refractivity contribution in [3.05, 3.63) is 127 Å². The van der Waals surface area contributed by atoms with Crippen molar-refractivity contribution < 1.29 is 47.6 Å². The van der Waals surface area contributed by atoms with Crippen molar-refractivity contribution in [3.63, 3.8) is 0 Å². The van der Waals surface area contributed by atoms with E-state index in [-0.39, 0.29) is 58.4 Å². The van der Waals surface area contributed by atoms with Crippen LogP contribution in [-0.2, 0) is 9.59 Å². The summed E-state index contributed by atoms with van der Waals surface area (Å²) in [5.74, 6) is -1.94. The molecule has 2 unspecified atom stereocenters. The molecule has 2 heterocycles. The minimum Gasteiger partial charge on any atom is -0.484 e. The van der Waals surface area contributed by atoms with E-state index in [1.165, 1.54) is 34.1 Å². The second-order valence-corrected chi connectivity index (χ2v) is 18.1. The third-order valence-corrected chi connectivity index (χ3v) is 13.4. The molecule has 0 spiro atoms. The van der Waals surface area contributed by atoms with Crippen LogP contribution >= 0.6 is 46.4 Å². The number of halogens is 6. The summed E-state index contributed by atoms with van der Waals surface area (Å²) < 4.78 is 37.5. The topological polar surface area (TPSA) is 158 Å². The molecule has 312 valence electrons. The zero-order valence-corrected chi connectivity index (χ0v) is 34.3. The SMILES string of the molecule is O=C(COc1ccc(Cl)c(F)c1)NC12CC(N3C(=O)c4cc(Cl)ccc4C3O)(C1)C2.O=C(COc1ccc(Cl)c(F)c1)NC12CC(N3C(=O)c4ccc(Cl)cc4C3O)(C1)C2. The minimum atomic E-state index is -1.04. The van der Waals surface area contributed by atoms with Gasteiger partial charge in [0.25, 0.3) is 23.6 Å². The monoisotopic (exact) mass is 900 g/mol. The second-order valence-electron chi connectivity index (χ2n) is 16.5. The van der Waals surface area contributed by atoms with Gasteiger partial charge in [-0.05, 0) is 93.1 Å². The lowest BCUT2D eigenvalue weighted by molar-refractivity contribution is -0.201. The molecule has 8 aliphatic rings. The molecule has 6 saturated carbocycles. The van der Waals surface area contributed by atoms with Crippen LogP contribution in [0.1, 0.15) is 82.8 Å². The summed E-state index contributed by atoms with van der Waals surface area (Å²) in [4.78, 5) is 53.2. The molecule has 0 saturated heterocycles. The highest BCUT2D eigenvalue weighted by atomic mass is 35.5. The molecule has 2 aliphatic heterocycles. The molecule has 18 heteroatoms. The first-order valence-corrected chi connectivity index (χ1v) is 20.4. The standard InChI is InChI=1S/2C21H17Cl2FN2O4/c2*22-11-1-3-13-14(5-11)19(29)26(18(13)28)21-8-20(9-21,10-21)25-17(27)7-30-12-2-4-15(23)16(24)6-12/h1-6,19,29H,7-10H2,(H,25,27);1-6,18,28H,7-10H2,(H,25,27). The molecule has 0 aromatic heterocycles. The van der Waals surface area contributed by atoms with Crippen molar-refractivity contribution >= 4 is 70.0 Å². The van der Waals surface area contributed by atoms with Gasteiger partial charge in [-0.25, -0.2) is 8.78 Å². The lowest BCUT2D eigenvalue weighted by atomic mass is 9.43. The second kappa shape index (κ2) is 14.5. The van der Waals surface area contributed by atoms with Crippen molar-refractivity contribution in [1.82, 2.24) is 20.4 Å². The third kappa shape index (κ3) is 6.72. The van der Waals surface area contributed by atoms with Gasteiger partial charge in [-0.2, -0.15) is 0 Å². The summed E-state index contributed by atoms with van der Waals surface area (Å²) in [5, 5.41) is 28.1. The van der Waals surface area contributed by atoms with E-state index in [1.54, 1.807) is 36.4 Å². The van der Waals surface area contributed by atoms with E-state index in [0.29, 0.717) is 70.8 Å². The van der Waals surface area contributed by atoms with Crippen molar-refractivity contribution in [1.29, 1.82) is 0 Å². The molecular weight excluding hydrogens is 868 g/mol. The molecule has 2 atom stereocenters. The van der Waals surface area contributed by atoms with Crippen LogP contribution in [0.5, 0.6) is 11.5 Å². The highest BCUT2D eigenvalue weighted by Crippen LogP contribution is 2.67. The first-order chi connectivity index (χ1) is 28.4. The third-order valence-electron chi connectivity index (χ3n) is 12.3. The van der Waals surface area contributed by atoms with Crippen LogP contribution in [0, 0.1) is 11.6 Å². The number of aliphatic hydroxyl groups excluding tert-OH is 2. The number of hydrogen-bond acceptors (Lipinski definition) is 8. The van der Waals surface area contributed by atoms with Gasteiger partial charge in [0.1, 0.15) is 23.1 Å². The predicted molar refractivity (Wildman–Crippen MR) is 214 cm³/mol. The number of fused-ring (bicyclic) bond motifs is 2. The number of ether oxygens (including phenoxy) is 2. The molecule has 60 heavy (non-hydrogen) atoms. The van der Waals surface area contributed by atoms with E-state index in [9.17, 15) is 38.2 Å². The Hall–Kier alpha value is -4.70. The molecule has 4 N–H and O–H groups in total. The van der Waals surface area contributed by atoms with Crippen molar-refractivity contribution in [2.24, 2.45) is 0 Å². The number of aliphatic hydroxyl groups is 2. The first-order valence-electron chi connectivity index (χ1n) is 18.8.